The van der Waals surface area contributed by atoms with Crippen molar-refractivity contribution in [3.05, 3.63) is 0 Å². The van der Waals surface area contributed by atoms with E-state index in [1.165, 1.54) is 38.6 Å². The van der Waals surface area contributed by atoms with Crippen LogP contribution in [0.3, 0.4) is 0 Å². The number of hydrogen-bond donors (Lipinski definition) is 1. The summed E-state index contributed by atoms with van der Waals surface area (Å²) in [4.78, 5) is 2.70. The zero-order chi connectivity index (χ0) is 12.2. The number of likely N-dealkylation sites (tertiary alicyclic amines) is 1. The number of rotatable bonds is 5. The van der Waals surface area contributed by atoms with E-state index in [9.17, 15) is 0 Å². The average Bonchev–Trinajstić information content (AvgIpc) is 2.30. The summed E-state index contributed by atoms with van der Waals surface area (Å²) in [5.74, 6) is 0. The molecule has 0 radical (unpaired) electrons. The van der Waals surface area contributed by atoms with Crippen molar-refractivity contribution < 1.29 is 0 Å². The topological polar surface area (TPSA) is 29.3 Å². The summed E-state index contributed by atoms with van der Waals surface area (Å²) >= 11 is 0. The highest BCUT2D eigenvalue weighted by atomic mass is 15.2. The molecular weight excluding hydrogens is 196 g/mol. The van der Waals surface area contributed by atoms with Crippen molar-refractivity contribution in [2.45, 2.75) is 71.9 Å². The van der Waals surface area contributed by atoms with Gasteiger partial charge in [-0.25, -0.2) is 0 Å². The van der Waals surface area contributed by atoms with Crippen molar-refractivity contribution in [1.29, 1.82) is 0 Å². The predicted octanol–water partition coefficient (Wildman–Crippen LogP) is 3.01. The fourth-order valence-corrected chi connectivity index (χ4v) is 3.00. The van der Waals surface area contributed by atoms with Crippen molar-refractivity contribution in [3.63, 3.8) is 0 Å². The maximum absolute atomic E-state index is 6.01. The molecule has 2 atom stereocenters. The SMILES string of the molecule is CCC(CC)(CN)CN1C(C)CCCC1C. The fourth-order valence-electron chi connectivity index (χ4n) is 3.00. The number of piperidine rings is 1. The van der Waals surface area contributed by atoms with Crippen LogP contribution >= 0.6 is 0 Å². The first-order valence-electron chi connectivity index (χ1n) is 7.04. The van der Waals surface area contributed by atoms with Gasteiger partial charge < -0.3 is 5.73 Å². The second-order valence-electron chi connectivity index (χ2n) is 5.71. The summed E-state index contributed by atoms with van der Waals surface area (Å²) in [6, 6.07) is 1.49. The third-order valence-corrected chi connectivity index (χ3v) is 4.83. The molecule has 2 nitrogen and oxygen atoms in total. The molecule has 96 valence electrons. The second-order valence-corrected chi connectivity index (χ2v) is 5.71. The standard InChI is InChI=1S/C14H30N2/c1-5-14(6-2,10-15)11-16-12(3)8-7-9-13(16)4/h12-13H,5-11,15H2,1-4H3. The molecule has 1 saturated heterocycles. The van der Waals surface area contributed by atoms with Crippen LogP contribution in [0.1, 0.15) is 59.8 Å². The van der Waals surface area contributed by atoms with Crippen molar-refractivity contribution in [3.8, 4) is 0 Å². The van der Waals surface area contributed by atoms with Gasteiger partial charge in [0.05, 0.1) is 0 Å². The van der Waals surface area contributed by atoms with Crippen LogP contribution in [0.25, 0.3) is 0 Å². The van der Waals surface area contributed by atoms with E-state index >= 15 is 0 Å². The zero-order valence-corrected chi connectivity index (χ0v) is 11.6. The monoisotopic (exact) mass is 226 g/mol. The van der Waals surface area contributed by atoms with Gasteiger partial charge in [0.2, 0.25) is 0 Å². The van der Waals surface area contributed by atoms with Gasteiger partial charge in [-0.3, -0.25) is 4.90 Å². The Morgan fingerprint density at radius 2 is 1.62 bits per heavy atom. The smallest absolute Gasteiger partial charge is 0.00700 e. The van der Waals surface area contributed by atoms with Gasteiger partial charge >= 0.3 is 0 Å². The highest BCUT2D eigenvalue weighted by Gasteiger charge is 2.33. The quantitative estimate of drug-likeness (QED) is 0.781. The summed E-state index contributed by atoms with van der Waals surface area (Å²) in [5.41, 5.74) is 6.36. The van der Waals surface area contributed by atoms with Crippen LogP contribution in [0, 0.1) is 5.41 Å². The van der Waals surface area contributed by atoms with Gasteiger partial charge in [-0.2, -0.15) is 0 Å². The Bertz CT molecular complexity index is 181. The normalized spacial score (nSPS) is 28.3. The van der Waals surface area contributed by atoms with Crippen molar-refractivity contribution in [2.75, 3.05) is 13.1 Å². The number of nitrogens with two attached hydrogens (primary N) is 1. The number of nitrogens with zero attached hydrogens (tertiary/aromatic N) is 1. The first kappa shape index (κ1) is 14.0. The Labute approximate surface area is 102 Å². The average molecular weight is 226 g/mol. The first-order chi connectivity index (χ1) is 7.58. The van der Waals surface area contributed by atoms with Gasteiger partial charge in [0.1, 0.15) is 0 Å². The molecule has 2 heteroatoms. The Kier molecular flexibility index (Phi) is 5.26. The molecule has 0 aliphatic carbocycles. The lowest BCUT2D eigenvalue weighted by atomic mass is 9.80. The summed E-state index contributed by atoms with van der Waals surface area (Å²) in [6.07, 6.45) is 6.52. The van der Waals surface area contributed by atoms with Gasteiger partial charge in [0, 0.05) is 18.6 Å². The Hall–Kier alpha value is -0.0800. The second kappa shape index (κ2) is 6.02. The van der Waals surface area contributed by atoms with Gasteiger partial charge in [-0.05, 0) is 51.5 Å². The van der Waals surface area contributed by atoms with Crippen LogP contribution < -0.4 is 5.73 Å². The van der Waals surface area contributed by atoms with E-state index in [-0.39, 0.29) is 0 Å². The van der Waals surface area contributed by atoms with Gasteiger partial charge in [-0.1, -0.05) is 20.3 Å². The molecule has 1 fully saturated rings. The molecule has 1 heterocycles. The van der Waals surface area contributed by atoms with Crippen LogP contribution in [0.2, 0.25) is 0 Å². The van der Waals surface area contributed by atoms with Crippen LogP contribution in [0.4, 0.5) is 0 Å². The Morgan fingerprint density at radius 3 is 2.00 bits per heavy atom. The van der Waals surface area contributed by atoms with Crippen LogP contribution in [-0.4, -0.2) is 30.1 Å². The highest BCUT2D eigenvalue weighted by Crippen LogP contribution is 2.31. The summed E-state index contributed by atoms with van der Waals surface area (Å²) in [7, 11) is 0. The lowest BCUT2D eigenvalue weighted by Crippen LogP contribution is -2.51. The molecule has 0 spiro atoms. The van der Waals surface area contributed by atoms with Crippen LogP contribution in [0.15, 0.2) is 0 Å². The van der Waals surface area contributed by atoms with E-state index in [4.69, 9.17) is 5.73 Å². The predicted molar refractivity (Wildman–Crippen MR) is 71.6 cm³/mol. The highest BCUT2D eigenvalue weighted by molar-refractivity contribution is 4.87. The van der Waals surface area contributed by atoms with Crippen molar-refractivity contribution in [1.82, 2.24) is 4.90 Å². The number of hydrogen-bond acceptors (Lipinski definition) is 2. The van der Waals surface area contributed by atoms with E-state index in [1.807, 2.05) is 0 Å². The molecule has 0 saturated carbocycles. The molecule has 1 rings (SSSR count). The molecule has 1 aliphatic heterocycles. The van der Waals surface area contributed by atoms with E-state index in [0.717, 1.165) is 18.6 Å². The maximum atomic E-state index is 6.01. The molecule has 16 heavy (non-hydrogen) atoms. The van der Waals surface area contributed by atoms with E-state index in [1.54, 1.807) is 0 Å². The van der Waals surface area contributed by atoms with Crippen LogP contribution in [0.5, 0.6) is 0 Å². The third kappa shape index (κ3) is 2.98. The van der Waals surface area contributed by atoms with E-state index < -0.39 is 0 Å². The summed E-state index contributed by atoms with van der Waals surface area (Å²) in [5, 5.41) is 0. The molecule has 1 aliphatic rings. The molecule has 0 amide bonds. The Balaban J connectivity index is 2.68. The summed E-state index contributed by atoms with van der Waals surface area (Å²) in [6.45, 7) is 11.4. The summed E-state index contributed by atoms with van der Waals surface area (Å²) < 4.78 is 0. The van der Waals surface area contributed by atoms with E-state index in [0.29, 0.717) is 5.41 Å². The lowest BCUT2D eigenvalue weighted by Gasteiger charge is -2.45. The molecule has 0 bridgehead atoms. The maximum Gasteiger partial charge on any atom is 0.00700 e. The molecule has 2 N–H and O–H groups in total. The third-order valence-electron chi connectivity index (χ3n) is 4.83. The molecule has 0 aromatic heterocycles. The van der Waals surface area contributed by atoms with Gasteiger partial charge in [0.25, 0.3) is 0 Å². The first-order valence-corrected chi connectivity index (χ1v) is 7.04. The minimum Gasteiger partial charge on any atom is -0.330 e. The molecule has 0 aromatic carbocycles. The molecule has 0 aromatic rings. The van der Waals surface area contributed by atoms with E-state index in [2.05, 4.69) is 32.6 Å². The lowest BCUT2D eigenvalue weighted by molar-refractivity contribution is 0.0466. The molecular formula is C14H30N2. The van der Waals surface area contributed by atoms with Gasteiger partial charge in [0.15, 0.2) is 0 Å². The van der Waals surface area contributed by atoms with Crippen molar-refractivity contribution in [2.24, 2.45) is 11.1 Å². The van der Waals surface area contributed by atoms with Gasteiger partial charge in [-0.15, -0.1) is 0 Å². The fraction of sp³-hybridized carbons (Fsp3) is 1.00. The zero-order valence-electron chi connectivity index (χ0n) is 11.6. The largest absolute Gasteiger partial charge is 0.330 e. The Morgan fingerprint density at radius 1 is 1.12 bits per heavy atom. The van der Waals surface area contributed by atoms with Crippen LogP contribution in [-0.2, 0) is 0 Å². The molecule has 2 unspecified atom stereocenters. The minimum atomic E-state index is 0.347. The minimum absolute atomic E-state index is 0.347. The van der Waals surface area contributed by atoms with Crippen molar-refractivity contribution >= 4 is 0 Å².